The molecule has 2 nitrogen and oxygen atoms in total. The number of nitrogens with one attached hydrogen (secondary N) is 1. The Bertz CT molecular complexity index is 349. The SMILES string of the molecule is CC.Cc1ccc2[nH]ncc2c1. The van der Waals surface area contributed by atoms with Crippen molar-refractivity contribution in [1.82, 2.24) is 10.2 Å². The first-order valence-corrected chi connectivity index (χ1v) is 4.26. The van der Waals surface area contributed by atoms with Gasteiger partial charge in [0.25, 0.3) is 0 Å². The Morgan fingerprint density at radius 1 is 1.25 bits per heavy atom. The fourth-order valence-electron chi connectivity index (χ4n) is 1.06. The molecule has 0 aliphatic rings. The van der Waals surface area contributed by atoms with Crippen LogP contribution in [0.3, 0.4) is 0 Å². The summed E-state index contributed by atoms with van der Waals surface area (Å²) in [6, 6.07) is 6.22. The van der Waals surface area contributed by atoms with Crippen molar-refractivity contribution in [2.24, 2.45) is 0 Å². The topological polar surface area (TPSA) is 28.7 Å². The number of rotatable bonds is 0. The molecule has 0 saturated carbocycles. The maximum atomic E-state index is 3.92. The van der Waals surface area contributed by atoms with Crippen LogP contribution in [0.5, 0.6) is 0 Å². The van der Waals surface area contributed by atoms with Crippen molar-refractivity contribution in [2.75, 3.05) is 0 Å². The average molecular weight is 162 g/mol. The van der Waals surface area contributed by atoms with Crippen molar-refractivity contribution >= 4 is 10.9 Å². The van der Waals surface area contributed by atoms with Crippen LogP contribution in [0.25, 0.3) is 10.9 Å². The summed E-state index contributed by atoms with van der Waals surface area (Å²) in [5.41, 5.74) is 2.37. The van der Waals surface area contributed by atoms with Gasteiger partial charge >= 0.3 is 0 Å². The minimum absolute atomic E-state index is 1.10. The number of H-pyrrole nitrogens is 1. The van der Waals surface area contributed by atoms with Gasteiger partial charge in [-0.1, -0.05) is 25.5 Å². The molecule has 0 aliphatic heterocycles. The third kappa shape index (κ3) is 1.64. The van der Waals surface area contributed by atoms with Gasteiger partial charge in [0.2, 0.25) is 0 Å². The Labute approximate surface area is 72.6 Å². The van der Waals surface area contributed by atoms with Crippen molar-refractivity contribution < 1.29 is 0 Å². The lowest BCUT2D eigenvalue weighted by Gasteiger charge is -1.89. The zero-order valence-electron chi connectivity index (χ0n) is 7.76. The van der Waals surface area contributed by atoms with Gasteiger partial charge in [-0.3, -0.25) is 5.10 Å². The smallest absolute Gasteiger partial charge is 0.0650 e. The lowest BCUT2D eigenvalue weighted by molar-refractivity contribution is 1.12. The monoisotopic (exact) mass is 162 g/mol. The zero-order chi connectivity index (χ0) is 8.97. The van der Waals surface area contributed by atoms with Crippen LogP contribution in [0.2, 0.25) is 0 Å². The van der Waals surface area contributed by atoms with Crippen LogP contribution in [-0.2, 0) is 0 Å². The number of hydrogen-bond acceptors (Lipinski definition) is 1. The zero-order valence-corrected chi connectivity index (χ0v) is 7.76. The van der Waals surface area contributed by atoms with E-state index in [1.54, 1.807) is 0 Å². The summed E-state index contributed by atoms with van der Waals surface area (Å²) in [5.74, 6) is 0. The van der Waals surface area contributed by atoms with Gasteiger partial charge < -0.3 is 0 Å². The number of benzene rings is 1. The minimum Gasteiger partial charge on any atom is -0.278 e. The van der Waals surface area contributed by atoms with E-state index in [1.807, 2.05) is 26.1 Å². The quantitative estimate of drug-likeness (QED) is 0.634. The number of aromatic nitrogens is 2. The molecule has 0 amide bonds. The van der Waals surface area contributed by atoms with E-state index in [1.165, 1.54) is 10.9 Å². The molecule has 0 aliphatic carbocycles. The molecule has 0 bridgehead atoms. The molecule has 0 unspecified atom stereocenters. The van der Waals surface area contributed by atoms with Crippen LogP contribution in [0.15, 0.2) is 24.4 Å². The summed E-state index contributed by atoms with van der Waals surface area (Å²) in [5, 5.41) is 7.99. The highest BCUT2D eigenvalue weighted by molar-refractivity contribution is 5.78. The lowest BCUT2D eigenvalue weighted by atomic mass is 10.2. The van der Waals surface area contributed by atoms with Crippen molar-refractivity contribution in [1.29, 1.82) is 0 Å². The van der Waals surface area contributed by atoms with Gasteiger partial charge in [-0.15, -0.1) is 0 Å². The number of hydrogen-bond donors (Lipinski definition) is 1. The van der Waals surface area contributed by atoms with Crippen molar-refractivity contribution in [3.8, 4) is 0 Å². The number of aryl methyl sites for hydroxylation is 1. The van der Waals surface area contributed by atoms with Gasteiger partial charge in [0, 0.05) is 5.39 Å². The van der Waals surface area contributed by atoms with Gasteiger partial charge in [-0.2, -0.15) is 5.10 Å². The van der Waals surface area contributed by atoms with Gasteiger partial charge in [-0.25, -0.2) is 0 Å². The van der Waals surface area contributed by atoms with E-state index in [-0.39, 0.29) is 0 Å². The van der Waals surface area contributed by atoms with E-state index < -0.39 is 0 Å². The molecule has 1 heterocycles. The largest absolute Gasteiger partial charge is 0.278 e. The average Bonchev–Trinajstić information content (AvgIpc) is 2.54. The molecule has 0 radical (unpaired) electrons. The summed E-state index contributed by atoms with van der Waals surface area (Å²) in [6.45, 7) is 6.08. The van der Waals surface area contributed by atoms with Crippen molar-refractivity contribution in [2.45, 2.75) is 20.8 Å². The van der Waals surface area contributed by atoms with Crippen LogP contribution in [0.4, 0.5) is 0 Å². The van der Waals surface area contributed by atoms with E-state index >= 15 is 0 Å². The predicted molar refractivity (Wildman–Crippen MR) is 52.2 cm³/mol. The highest BCUT2D eigenvalue weighted by Gasteiger charge is 1.92. The van der Waals surface area contributed by atoms with E-state index in [0.29, 0.717) is 0 Å². The first-order valence-electron chi connectivity index (χ1n) is 4.26. The Morgan fingerprint density at radius 2 is 2.00 bits per heavy atom. The molecule has 2 heteroatoms. The van der Waals surface area contributed by atoms with Gasteiger partial charge in [0.05, 0.1) is 11.7 Å². The lowest BCUT2D eigenvalue weighted by Crippen LogP contribution is -1.70. The van der Waals surface area contributed by atoms with E-state index in [2.05, 4.69) is 29.3 Å². The molecule has 1 N–H and O–H groups in total. The van der Waals surface area contributed by atoms with Crippen LogP contribution in [-0.4, -0.2) is 10.2 Å². The van der Waals surface area contributed by atoms with E-state index in [4.69, 9.17) is 0 Å². The molecular weight excluding hydrogens is 148 g/mol. The van der Waals surface area contributed by atoms with E-state index in [9.17, 15) is 0 Å². The van der Waals surface area contributed by atoms with E-state index in [0.717, 1.165) is 5.52 Å². The standard InChI is InChI=1S/C8H8N2.C2H6/c1-6-2-3-8-7(4-6)5-9-10-8;1-2/h2-5H,1H3,(H,9,10);1-2H3. The third-order valence-electron chi connectivity index (χ3n) is 1.60. The Kier molecular flexibility index (Phi) is 2.86. The molecule has 2 rings (SSSR count). The maximum Gasteiger partial charge on any atom is 0.0650 e. The molecule has 0 saturated heterocycles. The molecule has 1 aromatic heterocycles. The molecule has 2 aromatic rings. The van der Waals surface area contributed by atoms with Crippen LogP contribution >= 0.6 is 0 Å². The third-order valence-corrected chi connectivity index (χ3v) is 1.60. The summed E-state index contributed by atoms with van der Waals surface area (Å²) in [4.78, 5) is 0. The second-order valence-electron chi connectivity index (χ2n) is 2.46. The van der Waals surface area contributed by atoms with Gasteiger partial charge in [0.1, 0.15) is 0 Å². The van der Waals surface area contributed by atoms with Gasteiger partial charge in [0.15, 0.2) is 0 Å². The second kappa shape index (κ2) is 3.90. The first kappa shape index (κ1) is 8.78. The Morgan fingerprint density at radius 3 is 2.75 bits per heavy atom. The highest BCUT2D eigenvalue weighted by Crippen LogP contribution is 2.11. The summed E-state index contributed by atoms with van der Waals surface area (Å²) in [6.07, 6.45) is 1.84. The molecule has 0 fully saturated rings. The highest BCUT2D eigenvalue weighted by atomic mass is 15.1. The molecule has 0 spiro atoms. The first-order chi connectivity index (χ1) is 5.86. The van der Waals surface area contributed by atoms with Crippen LogP contribution in [0.1, 0.15) is 19.4 Å². The molecular formula is C10H14N2. The van der Waals surface area contributed by atoms with Crippen molar-refractivity contribution in [3.05, 3.63) is 30.0 Å². The minimum atomic E-state index is 1.10. The van der Waals surface area contributed by atoms with Crippen molar-refractivity contribution in [3.63, 3.8) is 0 Å². The molecule has 0 atom stereocenters. The molecule has 1 aromatic carbocycles. The summed E-state index contributed by atoms with van der Waals surface area (Å²) in [7, 11) is 0. The molecule has 64 valence electrons. The summed E-state index contributed by atoms with van der Waals surface area (Å²) < 4.78 is 0. The fourth-order valence-corrected chi connectivity index (χ4v) is 1.06. The Balaban J connectivity index is 0.000000336. The normalized spacial score (nSPS) is 9.25. The maximum absolute atomic E-state index is 3.92. The van der Waals surface area contributed by atoms with Crippen LogP contribution < -0.4 is 0 Å². The number of nitrogens with zero attached hydrogens (tertiary/aromatic N) is 1. The fraction of sp³-hybridized carbons (Fsp3) is 0.300. The Hall–Kier alpha value is -1.31. The van der Waals surface area contributed by atoms with Gasteiger partial charge in [-0.05, 0) is 19.1 Å². The molecule has 12 heavy (non-hydrogen) atoms. The van der Waals surface area contributed by atoms with Crippen LogP contribution in [0, 0.1) is 6.92 Å². The predicted octanol–water partition coefficient (Wildman–Crippen LogP) is 2.90. The number of aromatic amines is 1. The second-order valence-corrected chi connectivity index (χ2v) is 2.46. The number of fused-ring (bicyclic) bond motifs is 1. The summed E-state index contributed by atoms with van der Waals surface area (Å²) >= 11 is 0.